The van der Waals surface area contributed by atoms with Crippen LogP contribution < -0.4 is 0 Å². The van der Waals surface area contributed by atoms with E-state index in [1.807, 2.05) is 24.3 Å². The summed E-state index contributed by atoms with van der Waals surface area (Å²) in [6.45, 7) is 4.61. The van der Waals surface area contributed by atoms with Crippen molar-refractivity contribution < 1.29 is 5.11 Å². The zero-order chi connectivity index (χ0) is 11.4. The highest BCUT2D eigenvalue weighted by Crippen LogP contribution is 2.20. The van der Waals surface area contributed by atoms with E-state index in [2.05, 4.69) is 29.3 Å². The van der Waals surface area contributed by atoms with Crippen molar-refractivity contribution in [3.8, 4) is 0 Å². The van der Waals surface area contributed by atoms with E-state index in [1.54, 1.807) is 6.08 Å². The van der Waals surface area contributed by atoms with Crippen molar-refractivity contribution in [3.05, 3.63) is 54.8 Å². The van der Waals surface area contributed by atoms with Crippen molar-refractivity contribution in [2.75, 3.05) is 6.61 Å². The normalized spacial score (nSPS) is 11.3. The SMILES string of the molecule is C=CCn1c(/C=C/CO)cc2ccccc21. The molecule has 0 atom stereocenters. The Labute approximate surface area is 95.1 Å². The van der Waals surface area contributed by atoms with Gasteiger partial charge in [-0.2, -0.15) is 0 Å². The average Bonchev–Trinajstić information content (AvgIpc) is 2.66. The Morgan fingerprint density at radius 1 is 1.31 bits per heavy atom. The number of hydrogen-bond acceptors (Lipinski definition) is 1. The van der Waals surface area contributed by atoms with E-state index in [1.165, 1.54) is 10.9 Å². The van der Waals surface area contributed by atoms with Crippen molar-refractivity contribution in [3.63, 3.8) is 0 Å². The maximum absolute atomic E-state index is 8.81. The molecule has 0 aliphatic rings. The molecule has 0 amide bonds. The number of rotatable bonds is 4. The van der Waals surface area contributed by atoms with Crippen molar-refractivity contribution in [2.45, 2.75) is 6.54 Å². The van der Waals surface area contributed by atoms with Crippen LogP contribution in [0, 0.1) is 0 Å². The van der Waals surface area contributed by atoms with Gasteiger partial charge in [0, 0.05) is 23.1 Å². The highest BCUT2D eigenvalue weighted by Gasteiger charge is 2.03. The van der Waals surface area contributed by atoms with Gasteiger partial charge in [-0.05, 0) is 18.2 Å². The lowest BCUT2D eigenvalue weighted by atomic mass is 10.2. The molecular formula is C14H15NO. The second-order valence-electron chi connectivity index (χ2n) is 3.61. The van der Waals surface area contributed by atoms with Crippen molar-refractivity contribution in [1.29, 1.82) is 0 Å². The second-order valence-corrected chi connectivity index (χ2v) is 3.61. The Morgan fingerprint density at radius 3 is 2.88 bits per heavy atom. The van der Waals surface area contributed by atoms with Crippen LogP contribution in [0.2, 0.25) is 0 Å². The molecule has 0 unspecified atom stereocenters. The first-order valence-corrected chi connectivity index (χ1v) is 5.33. The van der Waals surface area contributed by atoms with Gasteiger partial charge in [-0.15, -0.1) is 6.58 Å². The van der Waals surface area contributed by atoms with Gasteiger partial charge in [-0.1, -0.05) is 30.4 Å². The first-order valence-electron chi connectivity index (χ1n) is 5.33. The molecule has 2 rings (SSSR count). The fourth-order valence-electron chi connectivity index (χ4n) is 1.88. The average molecular weight is 213 g/mol. The highest BCUT2D eigenvalue weighted by molar-refractivity contribution is 5.83. The van der Waals surface area contributed by atoms with E-state index >= 15 is 0 Å². The molecular weight excluding hydrogens is 198 g/mol. The zero-order valence-corrected chi connectivity index (χ0v) is 9.13. The number of allylic oxidation sites excluding steroid dienone is 1. The Morgan fingerprint density at radius 2 is 2.12 bits per heavy atom. The minimum absolute atomic E-state index is 0.0651. The number of hydrogen-bond donors (Lipinski definition) is 1. The molecule has 0 aliphatic heterocycles. The first-order chi connectivity index (χ1) is 7.86. The lowest BCUT2D eigenvalue weighted by molar-refractivity contribution is 0.343. The monoisotopic (exact) mass is 213 g/mol. The summed E-state index contributed by atoms with van der Waals surface area (Å²) in [5.41, 5.74) is 2.29. The summed E-state index contributed by atoms with van der Waals surface area (Å²) >= 11 is 0. The van der Waals surface area contributed by atoms with E-state index in [9.17, 15) is 0 Å². The predicted octanol–water partition coefficient (Wildman–Crippen LogP) is 2.83. The maximum atomic E-state index is 8.81. The standard InChI is InChI=1S/C14H15NO/c1-2-9-15-13(7-5-10-16)11-12-6-3-4-8-14(12)15/h2-8,11,16H,1,9-10H2/b7-5+. The van der Waals surface area contributed by atoms with Crippen LogP contribution in [0.4, 0.5) is 0 Å². The van der Waals surface area contributed by atoms with Gasteiger partial charge >= 0.3 is 0 Å². The number of aromatic nitrogens is 1. The molecule has 0 saturated heterocycles. The molecule has 0 radical (unpaired) electrons. The van der Waals surface area contributed by atoms with Crippen LogP contribution in [0.1, 0.15) is 5.69 Å². The van der Waals surface area contributed by atoms with Gasteiger partial charge in [0.05, 0.1) is 6.61 Å². The van der Waals surface area contributed by atoms with Gasteiger partial charge in [0.25, 0.3) is 0 Å². The third-order valence-corrected chi connectivity index (χ3v) is 2.55. The molecule has 0 aliphatic carbocycles. The maximum Gasteiger partial charge on any atom is 0.0616 e. The van der Waals surface area contributed by atoms with Gasteiger partial charge in [0.15, 0.2) is 0 Å². The lowest BCUT2D eigenvalue weighted by Crippen LogP contribution is -1.96. The first kappa shape index (κ1) is 10.7. The van der Waals surface area contributed by atoms with E-state index < -0.39 is 0 Å². The molecule has 2 nitrogen and oxygen atoms in total. The summed E-state index contributed by atoms with van der Waals surface area (Å²) in [4.78, 5) is 0. The van der Waals surface area contributed by atoms with Crippen LogP contribution in [0.25, 0.3) is 17.0 Å². The number of aliphatic hydroxyl groups excluding tert-OH is 1. The molecule has 1 heterocycles. The number of para-hydroxylation sites is 1. The molecule has 1 N–H and O–H groups in total. The van der Waals surface area contributed by atoms with E-state index in [0.717, 1.165) is 12.2 Å². The molecule has 16 heavy (non-hydrogen) atoms. The molecule has 1 aromatic heterocycles. The van der Waals surface area contributed by atoms with Crippen molar-refractivity contribution in [2.24, 2.45) is 0 Å². The zero-order valence-electron chi connectivity index (χ0n) is 9.13. The van der Waals surface area contributed by atoms with Gasteiger partial charge in [0.2, 0.25) is 0 Å². The Balaban J connectivity index is 2.57. The predicted molar refractivity (Wildman–Crippen MR) is 68.3 cm³/mol. The molecule has 2 aromatic rings. The summed E-state index contributed by atoms with van der Waals surface area (Å²) in [5.74, 6) is 0. The third kappa shape index (κ3) is 1.92. The molecule has 0 fully saturated rings. The van der Waals surface area contributed by atoms with Gasteiger partial charge < -0.3 is 9.67 Å². The molecule has 0 saturated carbocycles. The molecule has 2 heteroatoms. The fourth-order valence-corrected chi connectivity index (χ4v) is 1.88. The van der Waals surface area contributed by atoms with E-state index in [4.69, 9.17) is 5.11 Å². The van der Waals surface area contributed by atoms with Crippen LogP contribution in [0.3, 0.4) is 0 Å². The number of nitrogens with zero attached hydrogens (tertiary/aromatic N) is 1. The van der Waals surface area contributed by atoms with Gasteiger partial charge in [-0.25, -0.2) is 0 Å². The van der Waals surface area contributed by atoms with E-state index in [-0.39, 0.29) is 6.61 Å². The second kappa shape index (κ2) is 4.81. The van der Waals surface area contributed by atoms with Crippen molar-refractivity contribution in [1.82, 2.24) is 4.57 Å². The lowest BCUT2D eigenvalue weighted by Gasteiger charge is -2.04. The van der Waals surface area contributed by atoms with E-state index in [0.29, 0.717) is 0 Å². The third-order valence-electron chi connectivity index (χ3n) is 2.55. The van der Waals surface area contributed by atoms with Crippen LogP contribution in [-0.2, 0) is 6.54 Å². The van der Waals surface area contributed by atoms with Gasteiger partial charge in [-0.3, -0.25) is 0 Å². The number of benzene rings is 1. The summed E-state index contributed by atoms with van der Waals surface area (Å²) in [5, 5.41) is 10.0. The summed E-state index contributed by atoms with van der Waals surface area (Å²) in [6, 6.07) is 10.4. The largest absolute Gasteiger partial charge is 0.392 e. The smallest absolute Gasteiger partial charge is 0.0616 e. The van der Waals surface area contributed by atoms with Crippen LogP contribution >= 0.6 is 0 Å². The van der Waals surface area contributed by atoms with Crippen LogP contribution in [0.5, 0.6) is 0 Å². The minimum atomic E-state index is 0.0651. The quantitative estimate of drug-likeness (QED) is 0.776. The van der Waals surface area contributed by atoms with Crippen LogP contribution in [-0.4, -0.2) is 16.3 Å². The summed E-state index contributed by atoms with van der Waals surface area (Å²) in [7, 11) is 0. The molecule has 1 aromatic carbocycles. The Bertz CT molecular complexity index is 523. The Kier molecular flexibility index (Phi) is 3.22. The summed E-state index contributed by atoms with van der Waals surface area (Å²) < 4.78 is 2.18. The fraction of sp³-hybridized carbons (Fsp3) is 0.143. The Hall–Kier alpha value is -1.80. The van der Waals surface area contributed by atoms with Gasteiger partial charge in [0.1, 0.15) is 0 Å². The minimum Gasteiger partial charge on any atom is -0.392 e. The topological polar surface area (TPSA) is 25.2 Å². The number of fused-ring (bicyclic) bond motifs is 1. The van der Waals surface area contributed by atoms with Crippen LogP contribution in [0.15, 0.2) is 49.1 Å². The van der Waals surface area contributed by atoms with Crippen molar-refractivity contribution >= 4 is 17.0 Å². The number of aliphatic hydroxyl groups is 1. The molecule has 0 bridgehead atoms. The molecule has 0 spiro atoms. The summed E-state index contributed by atoms with van der Waals surface area (Å²) in [6.07, 6.45) is 5.56. The highest BCUT2D eigenvalue weighted by atomic mass is 16.2. The molecule has 82 valence electrons.